The number of ether oxygens (including phenoxy) is 4. The number of sulfone groups is 1. The van der Waals surface area contributed by atoms with Gasteiger partial charge in [-0.1, -0.05) is 67.9 Å². The van der Waals surface area contributed by atoms with Gasteiger partial charge < -0.3 is 23.5 Å². The molecule has 0 saturated heterocycles. The molecule has 7 rings (SSSR count). The molecule has 242 valence electrons. The first-order valence-corrected chi connectivity index (χ1v) is 17.7. The molecule has 4 aromatic carbocycles. The van der Waals surface area contributed by atoms with E-state index in [0.717, 1.165) is 81.9 Å². The average Bonchev–Trinajstić information content (AvgIpc) is 3.82. The first-order chi connectivity index (χ1) is 22.9. The van der Waals surface area contributed by atoms with Crippen LogP contribution < -0.4 is 18.9 Å². The second-order valence-corrected chi connectivity index (χ2v) is 13.9. The van der Waals surface area contributed by atoms with Gasteiger partial charge in [-0.15, -0.1) is 0 Å². The van der Waals surface area contributed by atoms with E-state index in [1.165, 1.54) is 6.26 Å². The quantitative estimate of drug-likeness (QED) is 0.141. The zero-order chi connectivity index (χ0) is 32.4. The highest BCUT2D eigenvalue weighted by Gasteiger charge is 2.24. The molecule has 0 N–H and O–H groups in total. The second-order valence-electron chi connectivity index (χ2n) is 11.9. The van der Waals surface area contributed by atoms with E-state index in [1.807, 2.05) is 54.6 Å². The number of nitrogens with zero attached hydrogens (tertiary/aromatic N) is 3. The van der Waals surface area contributed by atoms with Gasteiger partial charge in [0, 0.05) is 43.6 Å². The van der Waals surface area contributed by atoms with E-state index in [-0.39, 0.29) is 18.5 Å². The van der Waals surface area contributed by atoms with Gasteiger partial charge in [-0.2, -0.15) is 0 Å². The number of imidazole rings is 1. The molecule has 0 aliphatic carbocycles. The molecule has 1 aromatic heterocycles. The van der Waals surface area contributed by atoms with Crippen LogP contribution in [0, 0.1) is 0 Å². The lowest BCUT2D eigenvalue weighted by atomic mass is 10.1. The number of unbranched alkanes of at least 4 members (excludes halogenated alkanes) is 1. The lowest BCUT2D eigenvalue weighted by Gasteiger charge is -2.25. The maximum atomic E-state index is 12.3. The van der Waals surface area contributed by atoms with Crippen molar-refractivity contribution in [1.29, 1.82) is 0 Å². The van der Waals surface area contributed by atoms with Crippen molar-refractivity contribution < 1.29 is 27.4 Å². The molecule has 2 aliphatic heterocycles. The number of rotatable bonds is 12. The molecule has 0 radical (unpaired) electrons. The Morgan fingerprint density at radius 1 is 0.723 bits per heavy atom. The molecular weight excluding hydrogens is 614 g/mol. The Balaban J connectivity index is 1.33. The van der Waals surface area contributed by atoms with E-state index in [2.05, 4.69) is 40.7 Å². The molecule has 0 bridgehead atoms. The molecular formula is C37H37N3O6S. The van der Waals surface area contributed by atoms with Gasteiger partial charge in [0.2, 0.25) is 13.6 Å². The Bertz CT molecular complexity index is 1930. The fraction of sp³-hybridized carbons (Fsp3) is 0.270. The summed E-state index contributed by atoms with van der Waals surface area (Å²) in [5.41, 5.74) is 5.98. The van der Waals surface area contributed by atoms with E-state index in [1.54, 1.807) is 12.1 Å². The van der Waals surface area contributed by atoms with Crippen LogP contribution in [0.5, 0.6) is 23.0 Å². The van der Waals surface area contributed by atoms with E-state index < -0.39 is 9.84 Å². The van der Waals surface area contributed by atoms with Crippen LogP contribution in [0.3, 0.4) is 0 Å². The first kappa shape index (κ1) is 30.8. The van der Waals surface area contributed by atoms with E-state index in [9.17, 15) is 8.42 Å². The van der Waals surface area contributed by atoms with E-state index in [4.69, 9.17) is 23.9 Å². The minimum absolute atomic E-state index is 0.222. The minimum Gasteiger partial charge on any atom is -0.454 e. The van der Waals surface area contributed by atoms with Gasteiger partial charge in [-0.3, -0.25) is 4.90 Å². The van der Waals surface area contributed by atoms with Crippen molar-refractivity contribution in [1.82, 2.24) is 14.5 Å². The van der Waals surface area contributed by atoms with Crippen molar-refractivity contribution in [2.45, 2.75) is 50.8 Å². The molecule has 2 aliphatic rings. The standard InChI is InChI=1S/C37H37N3O6S/c1-3-4-18-40-31(36(38-37(40)29-8-6-5-7-9-29)28-12-14-30(15-13-28)47(2,41)42)23-39(21-26-10-16-32-34(19-26)45-24-43-32)22-27-11-17-33-35(20-27)46-25-44-33/h5-17,19-20H,3-4,18,21-25H2,1-2H3. The van der Waals surface area contributed by atoms with Gasteiger partial charge in [0.25, 0.3) is 0 Å². The van der Waals surface area contributed by atoms with Crippen LogP contribution in [0.1, 0.15) is 36.6 Å². The van der Waals surface area contributed by atoms with Gasteiger partial charge in [0.05, 0.1) is 16.3 Å². The summed E-state index contributed by atoms with van der Waals surface area (Å²) in [5.74, 6) is 3.89. The van der Waals surface area contributed by atoms with Gasteiger partial charge in [0.15, 0.2) is 32.8 Å². The van der Waals surface area contributed by atoms with Crippen molar-refractivity contribution in [2.24, 2.45) is 0 Å². The molecule has 0 saturated carbocycles. The summed E-state index contributed by atoms with van der Waals surface area (Å²) >= 11 is 0. The van der Waals surface area contributed by atoms with E-state index >= 15 is 0 Å². The Kier molecular flexibility index (Phi) is 8.62. The molecule has 0 spiro atoms. The van der Waals surface area contributed by atoms with Crippen LogP contribution >= 0.6 is 0 Å². The van der Waals surface area contributed by atoms with Crippen molar-refractivity contribution in [2.75, 3.05) is 19.8 Å². The van der Waals surface area contributed by atoms with Gasteiger partial charge in [-0.25, -0.2) is 13.4 Å². The molecule has 0 atom stereocenters. The molecule has 3 heterocycles. The summed E-state index contributed by atoms with van der Waals surface area (Å²) in [6, 6.07) is 29.5. The first-order valence-electron chi connectivity index (χ1n) is 15.8. The molecule has 9 nitrogen and oxygen atoms in total. The summed E-state index contributed by atoms with van der Waals surface area (Å²) in [7, 11) is -3.34. The molecule has 10 heteroatoms. The largest absolute Gasteiger partial charge is 0.454 e. The van der Waals surface area contributed by atoms with Crippen LogP contribution in [-0.2, 0) is 36.0 Å². The van der Waals surface area contributed by atoms with Crippen LogP contribution in [0.2, 0.25) is 0 Å². The smallest absolute Gasteiger partial charge is 0.231 e. The maximum absolute atomic E-state index is 12.3. The second kappa shape index (κ2) is 13.1. The SMILES string of the molecule is CCCCn1c(-c2ccccc2)nc(-c2ccc(S(C)(=O)=O)cc2)c1CN(Cc1ccc2c(c1)OCO2)Cc1ccc2c(c1)OCO2. The van der Waals surface area contributed by atoms with Crippen LogP contribution in [0.25, 0.3) is 22.6 Å². The van der Waals surface area contributed by atoms with E-state index in [0.29, 0.717) is 19.6 Å². The summed E-state index contributed by atoms with van der Waals surface area (Å²) in [6.07, 6.45) is 3.24. The zero-order valence-corrected chi connectivity index (χ0v) is 27.3. The summed E-state index contributed by atoms with van der Waals surface area (Å²) in [6.45, 7) is 5.28. The number of hydrogen-bond donors (Lipinski definition) is 0. The summed E-state index contributed by atoms with van der Waals surface area (Å²) in [4.78, 5) is 7.94. The van der Waals surface area contributed by atoms with Crippen molar-refractivity contribution in [3.63, 3.8) is 0 Å². The van der Waals surface area contributed by atoms with Crippen LogP contribution in [0.4, 0.5) is 0 Å². The Labute approximate surface area is 275 Å². The average molecular weight is 652 g/mol. The van der Waals surface area contributed by atoms with Crippen LogP contribution in [0.15, 0.2) is 95.9 Å². The summed E-state index contributed by atoms with van der Waals surface area (Å²) in [5, 5.41) is 0. The van der Waals surface area contributed by atoms with Gasteiger partial charge in [0.1, 0.15) is 5.82 Å². The predicted molar refractivity (Wildman–Crippen MR) is 179 cm³/mol. The lowest BCUT2D eigenvalue weighted by molar-refractivity contribution is 0.173. The molecule has 0 fully saturated rings. The minimum atomic E-state index is -3.34. The van der Waals surface area contributed by atoms with Crippen molar-refractivity contribution in [3.05, 3.63) is 108 Å². The Morgan fingerprint density at radius 3 is 1.89 bits per heavy atom. The van der Waals surface area contributed by atoms with Crippen LogP contribution in [-0.4, -0.2) is 42.7 Å². The zero-order valence-electron chi connectivity index (χ0n) is 26.5. The fourth-order valence-electron chi connectivity index (χ4n) is 6.08. The Hall–Kier alpha value is -4.80. The van der Waals surface area contributed by atoms with Crippen molar-refractivity contribution >= 4 is 9.84 Å². The highest BCUT2D eigenvalue weighted by molar-refractivity contribution is 7.90. The monoisotopic (exact) mass is 651 g/mol. The highest BCUT2D eigenvalue weighted by Crippen LogP contribution is 2.36. The third-order valence-corrected chi connectivity index (χ3v) is 9.58. The maximum Gasteiger partial charge on any atom is 0.231 e. The topological polar surface area (TPSA) is 92.1 Å². The molecule has 0 amide bonds. The lowest BCUT2D eigenvalue weighted by Crippen LogP contribution is -2.24. The summed E-state index contributed by atoms with van der Waals surface area (Å²) < 4.78 is 49.5. The fourth-order valence-corrected chi connectivity index (χ4v) is 6.71. The molecule has 0 unspecified atom stereocenters. The van der Waals surface area contributed by atoms with Gasteiger partial charge in [-0.05, 0) is 53.9 Å². The number of aromatic nitrogens is 2. The molecule has 5 aromatic rings. The number of benzene rings is 4. The highest BCUT2D eigenvalue weighted by atomic mass is 32.2. The number of hydrogen-bond acceptors (Lipinski definition) is 8. The third-order valence-electron chi connectivity index (χ3n) is 8.46. The third kappa shape index (κ3) is 6.70. The normalized spacial score (nSPS) is 13.4. The Morgan fingerprint density at radius 2 is 1.32 bits per heavy atom. The molecule has 47 heavy (non-hydrogen) atoms. The van der Waals surface area contributed by atoms with Gasteiger partial charge >= 0.3 is 0 Å². The number of fused-ring (bicyclic) bond motifs is 2. The van der Waals surface area contributed by atoms with Crippen molar-refractivity contribution in [3.8, 4) is 45.6 Å². The predicted octanol–water partition coefficient (Wildman–Crippen LogP) is 7.08.